The molecule has 0 aliphatic heterocycles. The minimum atomic E-state index is 0.518. The molecule has 1 aromatic rings. The molecule has 0 aromatic heterocycles. The van der Waals surface area contributed by atoms with Crippen molar-refractivity contribution in [2.24, 2.45) is 0 Å². The molecule has 1 aromatic carbocycles. The van der Waals surface area contributed by atoms with Gasteiger partial charge in [-0.05, 0) is 42.9 Å². The Balaban J connectivity index is 2.12. The maximum atomic E-state index is 5.98. The Bertz CT molecular complexity index is 421. The Labute approximate surface area is 115 Å². The maximum absolute atomic E-state index is 5.98. The number of anilines is 1. The predicted octanol–water partition coefficient (Wildman–Crippen LogP) is 1.76. The lowest BCUT2D eigenvalue weighted by atomic mass is 10.00. The van der Waals surface area contributed by atoms with Crippen molar-refractivity contribution in [1.82, 2.24) is 5.32 Å². The smallest absolute Gasteiger partial charge is 0.145 e. The number of hydrogen-bond acceptors (Lipinski definition) is 4. The monoisotopic (exact) mass is 264 g/mol. The molecule has 3 N–H and O–H groups in total. The average Bonchev–Trinajstić information content (AvgIpc) is 2.61. The lowest BCUT2D eigenvalue weighted by Gasteiger charge is -2.17. The number of nitrogen functional groups attached to an aromatic ring is 1. The Morgan fingerprint density at radius 3 is 2.95 bits per heavy atom. The summed E-state index contributed by atoms with van der Waals surface area (Å²) in [5.41, 5.74) is 9.37. The van der Waals surface area contributed by atoms with Crippen molar-refractivity contribution in [3.8, 4) is 5.75 Å². The van der Waals surface area contributed by atoms with Crippen LogP contribution in [0.3, 0.4) is 0 Å². The summed E-state index contributed by atoms with van der Waals surface area (Å²) in [6, 6.07) is 4.61. The van der Waals surface area contributed by atoms with Crippen LogP contribution in [-0.2, 0) is 17.6 Å². The largest absolute Gasteiger partial charge is 0.494 e. The molecule has 1 unspecified atom stereocenters. The van der Waals surface area contributed by atoms with Crippen LogP contribution in [0.1, 0.15) is 24.0 Å². The molecule has 4 heteroatoms. The van der Waals surface area contributed by atoms with E-state index in [1.54, 1.807) is 14.2 Å². The molecule has 19 heavy (non-hydrogen) atoms. The predicted molar refractivity (Wildman–Crippen MR) is 77.7 cm³/mol. The minimum Gasteiger partial charge on any atom is -0.494 e. The van der Waals surface area contributed by atoms with E-state index in [0.717, 1.165) is 43.9 Å². The fraction of sp³-hybridized carbons (Fsp3) is 0.600. The molecule has 4 nitrogen and oxygen atoms in total. The van der Waals surface area contributed by atoms with Crippen molar-refractivity contribution in [2.75, 3.05) is 33.1 Å². The molecule has 1 aliphatic carbocycles. The summed E-state index contributed by atoms with van der Waals surface area (Å²) in [7, 11) is 3.43. The van der Waals surface area contributed by atoms with Crippen molar-refractivity contribution in [2.45, 2.75) is 31.7 Å². The number of nitrogens with one attached hydrogen (secondary N) is 1. The van der Waals surface area contributed by atoms with Gasteiger partial charge in [0.15, 0.2) is 0 Å². The average molecular weight is 264 g/mol. The normalized spacial score (nSPS) is 18.7. The number of hydrogen-bond donors (Lipinski definition) is 2. The third kappa shape index (κ3) is 3.39. The first-order chi connectivity index (χ1) is 9.26. The lowest BCUT2D eigenvalue weighted by Crippen LogP contribution is -2.33. The van der Waals surface area contributed by atoms with Gasteiger partial charge in [0, 0.05) is 19.7 Å². The van der Waals surface area contributed by atoms with Gasteiger partial charge in [-0.15, -0.1) is 0 Å². The maximum Gasteiger partial charge on any atom is 0.145 e. The van der Waals surface area contributed by atoms with Crippen molar-refractivity contribution in [1.29, 1.82) is 0 Å². The molecular weight excluding hydrogens is 240 g/mol. The number of ether oxygens (including phenoxy) is 2. The van der Waals surface area contributed by atoms with Gasteiger partial charge in [0.2, 0.25) is 0 Å². The second-order valence-corrected chi connectivity index (χ2v) is 5.07. The fourth-order valence-electron chi connectivity index (χ4n) is 2.83. The first-order valence-electron chi connectivity index (χ1n) is 6.92. The van der Waals surface area contributed by atoms with E-state index in [9.17, 15) is 0 Å². The number of methoxy groups -OCH3 is 2. The van der Waals surface area contributed by atoms with Crippen LogP contribution in [0.25, 0.3) is 0 Å². The quantitative estimate of drug-likeness (QED) is 0.483. The fourth-order valence-corrected chi connectivity index (χ4v) is 2.83. The highest BCUT2D eigenvalue weighted by Crippen LogP contribution is 2.33. The molecule has 1 aliphatic rings. The highest BCUT2D eigenvalue weighted by atomic mass is 16.5. The van der Waals surface area contributed by atoms with Gasteiger partial charge in [-0.25, -0.2) is 0 Å². The van der Waals surface area contributed by atoms with Crippen molar-refractivity contribution < 1.29 is 9.47 Å². The molecule has 0 fully saturated rings. The van der Waals surface area contributed by atoms with Crippen LogP contribution in [0.4, 0.5) is 5.69 Å². The molecule has 0 bridgehead atoms. The molecule has 2 rings (SSSR count). The van der Waals surface area contributed by atoms with E-state index in [4.69, 9.17) is 15.2 Å². The van der Waals surface area contributed by atoms with Crippen LogP contribution in [-0.4, -0.2) is 33.4 Å². The topological polar surface area (TPSA) is 56.5 Å². The Morgan fingerprint density at radius 2 is 2.21 bits per heavy atom. The molecule has 0 spiro atoms. The SMILES string of the molecule is COCCNC1CCCc2c(ccc(N)c2OC)C1. The molecule has 0 heterocycles. The second-order valence-electron chi connectivity index (χ2n) is 5.07. The summed E-state index contributed by atoms with van der Waals surface area (Å²) in [6.07, 6.45) is 4.43. The van der Waals surface area contributed by atoms with Gasteiger partial charge in [-0.3, -0.25) is 0 Å². The summed E-state index contributed by atoms with van der Waals surface area (Å²) in [6.45, 7) is 1.66. The van der Waals surface area contributed by atoms with Crippen LogP contribution < -0.4 is 15.8 Å². The van der Waals surface area contributed by atoms with E-state index in [0.29, 0.717) is 6.04 Å². The minimum absolute atomic E-state index is 0.518. The summed E-state index contributed by atoms with van der Waals surface area (Å²) < 4.78 is 10.6. The molecule has 0 saturated carbocycles. The Morgan fingerprint density at radius 1 is 1.37 bits per heavy atom. The van der Waals surface area contributed by atoms with E-state index < -0.39 is 0 Å². The summed E-state index contributed by atoms with van der Waals surface area (Å²) >= 11 is 0. The van der Waals surface area contributed by atoms with Gasteiger partial charge >= 0.3 is 0 Å². The Kier molecular flexibility index (Phi) is 5.05. The third-order valence-corrected chi connectivity index (χ3v) is 3.78. The first kappa shape index (κ1) is 14.2. The van der Waals surface area contributed by atoms with Gasteiger partial charge in [0.1, 0.15) is 5.75 Å². The Hall–Kier alpha value is -1.26. The number of benzene rings is 1. The van der Waals surface area contributed by atoms with Gasteiger partial charge in [0.05, 0.1) is 19.4 Å². The number of fused-ring (bicyclic) bond motifs is 1. The zero-order chi connectivity index (χ0) is 13.7. The molecule has 106 valence electrons. The lowest BCUT2D eigenvalue weighted by molar-refractivity contribution is 0.195. The van der Waals surface area contributed by atoms with Gasteiger partial charge in [-0.1, -0.05) is 6.07 Å². The molecular formula is C15H24N2O2. The molecule has 0 amide bonds. The second kappa shape index (κ2) is 6.78. The standard InChI is InChI=1S/C15H24N2O2/c1-18-9-8-17-12-4-3-5-13-11(10-12)6-7-14(16)15(13)19-2/h6-7,12,17H,3-5,8-10,16H2,1-2H3. The zero-order valence-corrected chi connectivity index (χ0v) is 11.9. The molecule has 0 radical (unpaired) electrons. The van der Waals surface area contributed by atoms with E-state index in [2.05, 4.69) is 11.4 Å². The highest BCUT2D eigenvalue weighted by molar-refractivity contribution is 5.59. The first-order valence-corrected chi connectivity index (χ1v) is 6.92. The van der Waals surface area contributed by atoms with Crippen LogP contribution in [0.5, 0.6) is 5.75 Å². The van der Waals surface area contributed by atoms with Crippen molar-refractivity contribution in [3.05, 3.63) is 23.3 Å². The summed E-state index contributed by atoms with van der Waals surface area (Å²) in [4.78, 5) is 0. The van der Waals surface area contributed by atoms with E-state index >= 15 is 0 Å². The number of rotatable bonds is 5. The third-order valence-electron chi connectivity index (χ3n) is 3.78. The van der Waals surface area contributed by atoms with Gasteiger partial charge in [0.25, 0.3) is 0 Å². The van der Waals surface area contributed by atoms with Crippen molar-refractivity contribution in [3.63, 3.8) is 0 Å². The zero-order valence-electron chi connectivity index (χ0n) is 11.9. The van der Waals surface area contributed by atoms with Crippen LogP contribution in [0.2, 0.25) is 0 Å². The summed E-state index contributed by atoms with van der Waals surface area (Å²) in [5, 5.41) is 3.56. The van der Waals surface area contributed by atoms with Gasteiger partial charge < -0.3 is 20.5 Å². The van der Waals surface area contributed by atoms with E-state index in [1.807, 2.05) is 6.07 Å². The van der Waals surface area contributed by atoms with E-state index in [-0.39, 0.29) is 0 Å². The highest BCUT2D eigenvalue weighted by Gasteiger charge is 2.20. The molecule has 0 saturated heterocycles. The van der Waals surface area contributed by atoms with Gasteiger partial charge in [-0.2, -0.15) is 0 Å². The molecule has 1 atom stereocenters. The number of nitrogens with two attached hydrogens (primary N) is 1. The van der Waals surface area contributed by atoms with E-state index in [1.165, 1.54) is 17.5 Å². The van der Waals surface area contributed by atoms with Crippen LogP contribution in [0.15, 0.2) is 12.1 Å². The van der Waals surface area contributed by atoms with Crippen molar-refractivity contribution >= 4 is 5.69 Å². The summed E-state index contributed by atoms with van der Waals surface area (Å²) in [5.74, 6) is 0.870. The van der Waals surface area contributed by atoms with Crippen LogP contribution in [0, 0.1) is 0 Å². The van der Waals surface area contributed by atoms with Crippen LogP contribution >= 0.6 is 0 Å².